The SMILES string of the molecule is CC[C@@H]1NC[C@@H]2NCC[C@H]12. The lowest BCUT2D eigenvalue weighted by atomic mass is 9.95. The molecule has 2 nitrogen and oxygen atoms in total. The highest BCUT2D eigenvalue weighted by Gasteiger charge is 2.37. The van der Waals surface area contributed by atoms with Gasteiger partial charge in [0.25, 0.3) is 0 Å². The first-order chi connectivity index (χ1) is 4.92. The molecule has 2 aliphatic rings. The van der Waals surface area contributed by atoms with Gasteiger partial charge in [-0.1, -0.05) is 6.92 Å². The molecule has 2 heterocycles. The molecule has 0 aromatic rings. The van der Waals surface area contributed by atoms with Crippen LogP contribution in [0.5, 0.6) is 0 Å². The highest BCUT2D eigenvalue weighted by molar-refractivity contribution is 4.97. The van der Waals surface area contributed by atoms with Gasteiger partial charge in [-0.25, -0.2) is 0 Å². The normalized spacial score (nSPS) is 45.9. The summed E-state index contributed by atoms with van der Waals surface area (Å²) in [5.41, 5.74) is 0. The molecule has 0 aromatic carbocycles. The van der Waals surface area contributed by atoms with Crippen LogP contribution in [0.4, 0.5) is 0 Å². The van der Waals surface area contributed by atoms with Crippen LogP contribution >= 0.6 is 0 Å². The van der Waals surface area contributed by atoms with Crippen molar-refractivity contribution in [1.82, 2.24) is 10.6 Å². The Hall–Kier alpha value is -0.0800. The van der Waals surface area contributed by atoms with Crippen LogP contribution in [-0.4, -0.2) is 25.2 Å². The van der Waals surface area contributed by atoms with E-state index < -0.39 is 0 Å². The van der Waals surface area contributed by atoms with Gasteiger partial charge in [0.2, 0.25) is 0 Å². The number of fused-ring (bicyclic) bond motifs is 1. The monoisotopic (exact) mass is 140 g/mol. The molecule has 2 aliphatic heterocycles. The van der Waals surface area contributed by atoms with Gasteiger partial charge in [0, 0.05) is 18.6 Å². The zero-order valence-electron chi connectivity index (χ0n) is 6.56. The van der Waals surface area contributed by atoms with Gasteiger partial charge >= 0.3 is 0 Å². The Morgan fingerprint density at radius 3 is 3.10 bits per heavy atom. The summed E-state index contributed by atoms with van der Waals surface area (Å²) < 4.78 is 0. The van der Waals surface area contributed by atoms with Crippen molar-refractivity contribution < 1.29 is 0 Å². The average Bonchev–Trinajstić information content (AvgIpc) is 2.44. The van der Waals surface area contributed by atoms with Gasteiger partial charge in [0.05, 0.1) is 0 Å². The van der Waals surface area contributed by atoms with E-state index in [2.05, 4.69) is 17.6 Å². The number of hydrogen-bond donors (Lipinski definition) is 2. The third-order valence-electron chi connectivity index (χ3n) is 2.96. The largest absolute Gasteiger partial charge is 0.312 e. The Morgan fingerprint density at radius 1 is 1.40 bits per heavy atom. The highest BCUT2D eigenvalue weighted by Crippen LogP contribution is 2.25. The van der Waals surface area contributed by atoms with Crippen molar-refractivity contribution in [2.45, 2.75) is 31.8 Å². The Bertz CT molecular complexity index is 124. The lowest BCUT2D eigenvalue weighted by molar-refractivity contribution is 0.434. The molecule has 0 radical (unpaired) electrons. The van der Waals surface area contributed by atoms with Crippen LogP contribution < -0.4 is 10.6 Å². The van der Waals surface area contributed by atoms with Crippen LogP contribution in [0.1, 0.15) is 19.8 Å². The van der Waals surface area contributed by atoms with Crippen molar-refractivity contribution in [3.05, 3.63) is 0 Å². The van der Waals surface area contributed by atoms with Crippen molar-refractivity contribution in [3.63, 3.8) is 0 Å². The molecule has 3 atom stereocenters. The fourth-order valence-corrected chi connectivity index (χ4v) is 2.37. The summed E-state index contributed by atoms with van der Waals surface area (Å²) in [7, 11) is 0. The molecule has 2 saturated heterocycles. The molecular formula is C8H16N2. The first-order valence-corrected chi connectivity index (χ1v) is 4.38. The Kier molecular flexibility index (Phi) is 1.66. The lowest BCUT2D eigenvalue weighted by Gasteiger charge is -2.14. The molecule has 0 amide bonds. The Labute approximate surface area is 62.4 Å². The Balaban J connectivity index is 2.01. The maximum Gasteiger partial charge on any atom is 0.0236 e. The fraction of sp³-hybridized carbons (Fsp3) is 1.00. The van der Waals surface area contributed by atoms with Gasteiger partial charge in [-0.05, 0) is 25.3 Å². The molecule has 2 rings (SSSR count). The second-order valence-electron chi connectivity index (χ2n) is 3.44. The number of nitrogens with one attached hydrogen (secondary N) is 2. The van der Waals surface area contributed by atoms with E-state index in [1.54, 1.807) is 0 Å². The first kappa shape index (κ1) is 6.62. The lowest BCUT2D eigenvalue weighted by Crippen LogP contribution is -2.27. The molecular weight excluding hydrogens is 124 g/mol. The maximum atomic E-state index is 3.55. The van der Waals surface area contributed by atoms with Gasteiger partial charge in [0.15, 0.2) is 0 Å². The molecule has 10 heavy (non-hydrogen) atoms. The van der Waals surface area contributed by atoms with Gasteiger partial charge < -0.3 is 10.6 Å². The molecule has 58 valence electrons. The van der Waals surface area contributed by atoms with E-state index in [9.17, 15) is 0 Å². The molecule has 2 fully saturated rings. The zero-order chi connectivity index (χ0) is 6.97. The molecule has 0 aromatic heterocycles. The summed E-state index contributed by atoms with van der Waals surface area (Å²) in [6.45, 7) is 4.72. The summed E-state index contributed by atoms with van der Waals surface area (Å²) >= 11 is 0. The molecule has 0 spiro atoms. The minimum Gasteiger partial charge on any atom is -0.312 e. The maximum absolute atomic E-state index is 3.55. The summed E-state index contributed by atoms with van der Waals surface area (Å²) in [6.07, 6.45) is 2.68. The summed E-state index contributed by atoms with van der Waals surface area (Å²) in [6, 6.07) is 1.60. The second-order valence-corrected chi connectivity index (χ2v) is 3.44. The van der Waals surface area contributed by atoms with Crippen LogP contribution in [0.3, 0.4) is 0 Å². The van der Waals surface area contributed by atoms with Crippen molar-refractivity contribution in [1.29, 1.82) is 0 Å². The van der Waals surface area contributed by atoms with Gasteiger partial charge in [-0.2, -0.15) is 0 Å². The zero-order valence-corrected chi connectivity index (χ0v) is 6.56. The van der Waals surface area contributed by atoms with Crippen LogP contribution in [0.15, 0.2) is 0 Å². The average molecular weight is 140 g/mol. The van der Waals surface area contributed by atoms with E-state index in [-0.39, 0.29) is 0 Å². The molecule has 0 aliphatic carbocycles. The second kappa shape index (κ2) is 2.51. The van der Waals surface area contributed by atoms with Crippen molar-refractivity contribution >= 4 is 0 Å². The molecule has 0 bridgehead atoms. The van der Waals surface area contributed by atoms with Crippen LogP contribution in [0.2, 0.25) is 0 Å². The predicted molar refractivity (Wildman–Crippen MR) is 42.0 cm³/mol. The molecule has 0 saturated carbocycles. The number of hydrogen-bond acceptors (Lipinski definition) is 2. The predicted octanol–water partition coefficient (Wildman–Crippen LogP) is 0.346. The van der Waals surface area contributed by atoms with E-state index in [0.717, 1.165) is 18.0 Å². The standard InChI is InChI=1S/C8H16N2/c1-2-7-6-3-4-9-8(6)5-10-7/h6-10H,2-5H2,1H3/t6-,7+,8+/m1/s1. The van der Waals surface area contributed by atoms with Crippen LogP contribution in [-0.2, 0) is 0 Å². The first-order valence-electron chi connectivity index (χ1n) is 4.38. The minimum atomic E-state index is 0.796. The smallest absolute Gasteiger partial charge is 0.0236 e. The Morgan fingerprint density at radius 2 is 2.30 bits per heavy atom. The third kappa shape index (κ3) is 0.867. The van der Waals surface area contributed by atoms with Crippen LogP contribution in [0.25, 0.3) is 0 Å². The van der Waals surface area contributed by atoms with E-state index in [0.29, 0.717) is 0 Å². The summed E-state index contributed by atoms with van der Waals surface area (Å²) in [5, 5.41) is 7.07. The minimum absolute atomic E-state index is 0.796. The highest BCUT2D eigenvalue weighted by atomic mass is 15.1. The quantitative estimate of drug-likeness (QED) is 0.549. The van der Waals surface area contributed by atoms with Crippen molar-refractivity contribution in [2.75, 3.05) is 13.1 Å². The van der Waals surface area contributed by atoms with Crippen molar-refractivity contribution in [3.8, 4) is 0 Å². The summed E-state index contributed by atoms with van der Waals surface area (Å²) in [5.74, 6) is 0.935. The van der Waals surface area contributed by atoms with E-state index in [1.165, 1.54) is 25.9 Å². The fourth-order valence-electron chi connectivity index (χ4n) is 2.37. The molecule has 0 unspecified atom stereocenters. The van der Waals surface area contributed by atoms with Gasteiger partial charge in [-0.3, -0.25) is 0 Å². The van der Waals surface area contributed by atoms with E-state index in [4.69, 9.17) is 0 Å². The third-order valence-corrected chi connectivity index (χ3v) is 2.96. The topological polar surface area (TPSA) is 24.1 Å². The molecule has 2 heteroatoms. The summed E-state index contributed by atoms with van der Waals surface area (Å²) in [4.78, 5) is 0. The van der Waals surface area contributed by atoms with Crippen molar-refractivity contribution in [2.24, 2.45) is 5.92 Å². The van der Waals surface area contributed by atoms with Gasteiger partial charge in [-0.15, -0.1) is 0 Å². The van der Waals surface area contributed by atoms with Gasteiger partial charge in [0.1, 0.15) is 0 Å². The van der Waals surface area contributed by atoms with E-state index in [1.807, 2.05) is 0 Å². The number of rotatable bonds is 1. The molecule has 2 N–H and O–H groups in total. The van der Waals surface area contributed by atoms with E-state index >= 15 is 0 Å². The van der Waals surface area contributed by atoms with Crippen LogP contribution in [0, 0.1) is 5.92 Å².